The van der Waals surface area contributed by atoms with Crippen molar-refractivity contribution in [2.24, 2.45) is 5.92 Å². The normalized spacial score (nSPS) is 17.4. The van der Waals surface area contributed by atoms with Gasteiger partial charge in [-0.2, -0.15) is 0 Å². The maximum Gasteiger partial charge on any atom is 0.305 e. The highest BCUT2D eigenvalue weighted by Gasteiger charge is 2.36. The van der Waals surface area contributed by atoms with Crippen molar-refractivity contribution in [2.75, 3.05) is 18.0 Å². The average Bonchev–Trinajstić information content (AvgIpc) is 2.79. The molecule has 2 N–H and O–H groups in total. The predicted molar refractivity (Wildman–Crippen MR) is 86.4 cm³/mol. The van der Waals surface area contributed by atoms with E-state index in [4.69, 9.17) is 5.11 Å². The number of amides is 2. The van der Waals surface area contributed by atoms with E-state index in [1.807, 2.05) is 32.9 Å². The summed E-state index contributed by atoms with van der Waals surface area (Å²) >= 11 is 0. The number of hydrogen-bond acceptors (Lipinski definition) is 3. The van der Waals surface area contributed by atoms with Gasteiger partial charge in [-0.15, -0.1) is 0 Å². The molecule has 0 saturated carbocycles. The lowest BCUT2D eigenvalue weighted by atomic mass is 10.0. The van der Waals surface area contributed by atoms with E-state index >= 15 is 0 Å². The molecule has 6 nitrogen and oxygen atoms in total. The molecule has 1 saturated heterocycles. The molecule has 0 radical (unpaired) electrons. The quantitative estimate of drug-likeness (QED) is 0.862. The van der Waals surface area contributed by atoms with E-state index < -0.39 is 11.9 Å². The minimum atomic E-state index is -0.958. The third-order valence-electron chi connectivity index (χ3n) is 4.04. The van der Waals surface area contributed by atoms with Crippen LogP contribution >= 0.6 is 0 Å². The number of hydrogen-bond donors (Lipinski definition) is 2. The second kappa shape index (κ2) is 6.81. The first-order valence-electron chi connectivity index (χ1n) is 7.67. The van der Waals surface area contributed by atoms with Gasteiger partial charge in [-0.05, 0) is 31.9 Å². The van der Waals surface area contributed by atoms with Crippen molar-refractivity contribution in [3.8, 4) is 0 Å². The lowest BCUT2D eigenvalue weighted by Gasteiger charge is -2.22. The maximum atomic E-state index is 12.3. The van der Waals surface area contributed by atoms with Gasteiger partial charge in [0.2, 0.25) is 11.8 Å². The molecule has 0 aliphatic carbocycles. The molecule has 0 bridgehead atoms. The Kier molecular flexibility index (Phi) is 5.03. The third kappa shape index (κ3) is 3.88. The Morgan fingerprint density at radius 1 is 1.26 bits per heavy atom. The number of nitrogens with one attached hydrogen (secondary N) is 1. The molecule has 1 aromatic carbocycles. The van der Waals surface area contributed by atoms with Crippen LogP contribution in [0.25, 0.3) is 0 Å². The van der Waals surface area contributed by atoms with Gasteiger partial charge in [-0.1, -0.05) is 17.7 Å². The van der Waals surface area contributed by atoms with Crippen molar-refractivity contribution >= 4 is 23.5 Å². The van der Waals surface area contributed by atoms with E-state index in [-0.39, 0.29) is 31.2 Å². The molecule has 1 aromatic rings. The SMILES string of the molecule is Cc1cc(C)c(N2CC(C(=O)NCCC(=O)O)CC2=O)c(C)c1. The van der Waals surface area contributed by atoms with Gasteiger partial charge < -0.3 is 15.3 Å². The van der Waals surface area contributed by atoms with Crippen LogP contribution in [0.3, 0.4) is 0 Å². The first kappa shape index (κ1) is 17.0. The average molecular weight is 318 g/mol. The lowest BCUT2D eigenvalue weighted by molar-refractivity contribution is -0.137. The number of carboxylic acids is 1. The largest absolute Gasteiger partial charge is 0.481 e. The van der Waals surface area contributed by atoms with Crippen LogP contribution in [0.2, 0.25) is 0 Å². The zero-order valence-electron chi connectivity index (χ0n) is 13.7. The summed E-state index contributed by atoms with van der Waals surface area (Å²) in [6, 6.07) is 4.05. The van der Waals surface area contributed by atoms with Crippen LogP contribution in [-0.4, -0.2) is 36.0 Å². The second-order valence-corrected chi connectivity index (χ2v) is 6.09. The number of carboxylic acid groups (broad SMARTS) is 1. The fraction of sp³-hybridized carbons (Fsp3) is 0.471. The van der Waals surface area contributed by atoms with Gasteiger partial charge in [0.25, 0.3) is 0 Å². The van der Waals surface area contributed by atoms with Crippen LogP contribution in [0, 0.1) is 26.7 Å². The minimum Gasteiger partial charge on any atom is -0.481 e. The number of carbonyl (C=O) groups is 3. The van der Waals surface area contributed by atoms with E-state index in [0.29, 0.717) is 6.54 Å². The summed E-state index contributed by atoms with van der Waals surface area (Å²) < 4.78 is 0. The van der Waals surface area contributed by atoms with Crippen molar-refractivity contribution in [2.45, 2.75) is 33.6 Å². The molecule has 1 atom stereocenters. The summed E-state index contributed by atoms with van der Waals surface area (Å²) in [5, 5.41) is 11.2. The Balaban J connectivity index is 2.08. The van der Waals surface area contributed by atoms with Gasteiger partial charge in [0, 0.05) is 25.2 Å². The van der Waals surface area contributed by atoms with Crippen LogP contribution in [0.4, 0.5) is 5.69 Å². The van der Waals surface area contributed by atoms with Gasteiger partial charge in [-0.25, -0.2) is 0 Å². The first-order valence-corrected chi connectivity index (χ1v) is 7.67. The second-order valence-electron chi connectivity index (χ2n) is 6.09. The van der Waals surface area contributed by atoms with Gasteiger partial charge >= 0.3 is 5.97 Å². The molecule has 6 heteroatoms. The smallest absolute Gasteiger partial charge is 0.305 e. The number of aliphatic carboxylic acids is 1. The zero-order valence-corrected chi connectivity index (χ0v) is 13.7. The molecule has 2 amide bonds. The molecular weight excluding hydrogens is 296 g/mol. The van der Waals surface area contributed by atoms with E-state index in [1.165, 1.54) is 0 Å². The third-order valence-corrected chi connectivity index (χ3v) is 4.04. The van der Waals surface area contributed by atoms with Crippen molar-refractivity contribution in [3.63, 3.8) is 0 Å². The van der Waals surface area contributed by atoms with E-state index in [0.717, 1.165) is 22.4 Å². The number of carbonyl (C=O) groups excluding carboxylic acids is 2. The Morgan fingerprint density at radius 3 is 2.43 bits per heavy atom. The number of benzene rings is 1. The fourth-order valence-corrected chi connectivity index (χ4v) is 3.13. The maximum absolute atomic E-state index is 12.3. The highest BCUT2D eigenvalue weighted by molar-refractivity contribution is 6.01. The molecule has 0 spiro atoms. The van der Waals surface area contributed by atoms with Gasteiger partial charge in [0.05, 0.1) is 12.3 Å². The van der Waals surface area contributed by atoms with Crippen LogP contribution < -0.4 is 10.2 Å². The highest BCUT2D eigenvalue weighted by atomic mass is 16.4. The Hall–Kier alpha value is -2.37. The molecule has 124 valence electrons. The van der Waals surface area contributed by atoms with Crippen molar-refractivity contribution < 1.29 is 19.5 Å². The molecule has 1 heterocycles. The standard InChI is InChI=1S/C17H22N2O4/c1-10-6-11(2)16(12(3)7-10)19-9-13(8-14(19)20)17(23)18-5-4-15(21)22/h6-7,13H,4-5,8-9H2,1-3H3,(H,18,23)(H,21,22). The molecular formula is C17H22N2O4. The Bertz CT molecular complexity index is 631. The summed E-state index contributed by atoms with van der Waals surface area (Å²) in [6.07, 6.45) is 0.0396. The monoisotopic (exact) mass is 318 g/mol. The van der Waals surface area contributed by atoms with Gasteiger partial charge in [0.15, 0.2) is 0 Å². The van der Waals surface area contributed by atoms with E-state index in [9.17, 15) is 14.4 Å². The summed E-state index contributed by atoms with van der Waals surface area (Å²) in [7, 11) is 0. The highest BCUT2D eigenvalue weighted by Crippen LogP contribution is 2.31. The number of anilines is 1. The number of aryl methyl sites for hydroxylation is 3. The number of rotatable bonds is 5. The summed E-state index contributed by atoms with van der Waals surface area (Å²) in [5.74, 6) is -1.72. The zero-order chi connectivity index (χ0) is 17.1. The minimum absolute atomic E-state index is 0.0709. The van der Waals surface area contributed by atoms with Crippen LogP contribution in [0.1, 0.15) is 29.5 Å². The van der Waals surface area contributed by atoms with Crippen molar-refractivity contribution in [1.82, 2.24) is 5.32 Å². The topological polar surface area (TPSA) is 86.7 Å². The molecule has 2 rings (SSSR count). The van der Waals surface area contributed by atoms with Crippen LogP contribution in [-0.2, 0) is 14.4 Å². The molecule has 1 fully saturated rings. The van der Waals surface area contributed by atoms with E-state index in [1.54, 1.807) is 4.90 Å². The Labute approximate surface area is 135 Å². The van der Waals surface area contributed by atoms with Crippen LogP contribution in [0.15, 0.2) is 12.1 Å². The summed E-state index contributed by atoms with van der Waals surface area (Å²) in [4.78, 5) is 36.6. The first-order chi connectivity index (χ1) is 10.8. The summed E-state index contributed by atoms with van der Waals surface area (Å²) in [5.41, 5.74) is 4.05. The molecule has 1 aliphatic rings. The fourth-order valence-electron chi connectivity index (χ4n) is 3.13. The molecule has 23 heavy (non-hydrogen) atoms. The molecule has 1 unspecified atom stereocenters. The van der Waals surface area contributed by atoms with Gasteiger partial charge in [0.1, 0.15) is 0 Å². The van der Waals surface area contributed by atoms with Crippen LogP contribution in [0.5, 0.6) is 0 Å². The predicted octanol–water partition coefficient (Wildman–Crippen LogP) is 1.56. The Morgan fingerprint density at radius 2 is 1.87 bits per heavy atom. The van der Waals surface area contributed by atoms with Gasteiger partial charge in [-0.3, -0.25) is 14.4 Å². The molecule has 1 aliphatic heterocycles. The lowest BCUT2D eigenvalue weighted by Crippen LogP contribution is -2.34. The summed E-state index contributed by atoms with van der Waals surface area (Å²) in [6.45, 7) is 6.35. The molecule has 0 aromatic heterocycles. The van der Waals surface area contributed by atoms with Crippen molar-refractivity contribution in [3.05, 3.63) is 28.8 Å². The van der Waals surface area contributed by atoms with Crippen molar-refractivity contribution in [1.29, 1.82) is 0 Å². The van der Waals surface area contributed by atoms with E-state index in [2.05, 4.69) is 5.32 Å². The number of nitrogens with zero attached hydrogens (tertiary/aromatic N) is 1.